The average Bonchev–Trinajstić information content (AvgIpc) is 2.39. The summed E-state index contributed by atoms with van der Waals surface area (Å²) in [6.45, 7) is 3.79. The van der Waals surface area contributed by atoms with Gasteiger partial charge in [0, 0.05) is 11.8 Å². The Morgan fingerprint density at radius 3 is 2.85 bits per heavy atom. The van der Waals surface area contributed by atoms with Crippen molar-refractivity contribution in [3.63, 3.8) is 0 Å². The van der Waals surface area contributed by atoms with Crippen LogP contribution >= 0.6 is 0 Å². The van der Waals surface area contributed by atoms with Crippen molar-refractivity contribution in [2.24, 2.45) is 5.92 Å². The van der Waals surface area contributed by atoms with E-state index in [1.807, 2.05) is 12.1 Å². The molecule has 0 aromatic heterocycles. The Morgan fingerprint density at radius 1 is 1.40 bits per heavy atom. The molecule has 2 aliphatic carbocycles. The van der Waals surface area contributed by atoms with Crippen molar-refractivity contribution in [3.05, 3.63) is 29.3 Å². The number of aryl methyl sites for hydroxylation is 1. The van der Waals surface area contributed by atoms with Crippen LogP contribution in [0.5, 0.6) is 5.75 Å². The maximum Gasteiger partial charge on any atom is 0.164 e. The van der Waals surface area contributed by atoms with Crippen LogP contribution in [0.4, 0.5) is 0 Å². The predicted octanol–water partition coefficient (Wildman–Crippen LogP) is 2.72. The Kier molecular flexibility index (Phi) is 2.94. The van der Waals surface area contributed by atoms with Crippen LogP contribution in [0.25, 0.3) is 0 Å². The summed E-state index contributed by atoms with van der Waals surface area (Å²) in [4.78, 5) is 12.1. The summed E-state index contributed by atoms with van der Waals surface area (Å²) in [5, 5.41) is 20.1. The molecule has 0 amide bonds. The summed E-state index contributed by atoms with van der Waals surface area (Å²) < 4.78 is 0. The summed E-state index contributed by atoms with van der Waals surface area (Å²) in [5.41, 5.74) is 1.05. The van der Waals surface area contributed by atoms with Gasteiger partial charge in [-0.15, -0.1) is 0 Å². The van der Waals surface area contributed by atoms with E-state index in [1.54, 1.807) is 13.0 Å². The molecule has 1 saturated carbocycles. The van der Waals surface area contributed by atoms with Crippen LogP contribution in [0.2, 0.25) is 0 Å². The zero-order valence-corrected chi connectivity index (χ0v) is 12.1. The molecule has 3 heteroatoms. The van der Waals surface area contributed by atoms with E-state index in [-0.39, 0.29) is 11.2 Å². The number of hydrogen-bond acceptors (Lipinski definition) is 3. The number of aliphatic hydroxyl groups is 1. The molecule has 0 bridgehead atoms. The first-order valence-corrected chi connectivity index (χ1v) is 7.47. The lowest BCUT2D eigenvalue weighted by atomic mass is 9.53. The predicted molar refractivity (Wildman–Crippen MR) is 76.8 cm³/mol. The zero-order valence-electron chi connectivity index (χ0n) is 12.1. The number of rotatable bonds is 1. The van der Waals surface area contributed by atoms with Crippen LogP contribution in [0, 0.1) is 5.92 Å². The van der Waals surface area contributed by atoms with Gasteiger partial charge in [0.1, 0.15) is 11.4 Å². The molecule has 0 radical (unpaired) electrons. The minimum absolute atomic E-state index is 0.0196. The van der Waals surface area contributed by atoms with E-state index >= 15 is 0 Å². The highest BCUT2D eigenvalue weighted by atomic mass is 16.3. The summed E-state index contributed by atoms with van der Waals surface area (Å²) in [6.07, 6.45) is 3.76. The number of carbonyl (C=O) groups is 1. The standard InChI is InChI=1S/C17H22O3/c1-3-17-10-16(2,20)15(19)9-12(17)5-4-11-8-13(18)6-7-14(11)17/h6-8,12,18,20H,3-5,9-10H2,1-2H3/t12-,16?,17?/m1/s1. The molecule has 3 nitrogen and oxygen atoms in total. The molecule has 1 fully saturated rings. The van der Waals surface area contributed by atoms with Crippen LogP contribution in [-0.2, 0) is 16.6 Å². The molecule has 0 aliphatic heterocycles. The minimum atomic E-state index is -1.22. The Bertz CT molecular complexity index is 561. The molecule has 0 heterocycles. The Hall–Kier alpha value is -1.35. The Morgan fingerprint density at radius 2 is 2.15 bits per heavy atom. The maximum atomic E-state index is 12.1. The fourth-order valence-electron chi connectivity index (χ4n) is 4.40. The highest BCUT2D eigenvalue weighted by molar-refractivity contribution is 5.88. The molecule has 0 saturated heterocycles. The van der Waals surface area contributed by atoms with Gasteiger partial charge in [-0.25, -0.2) is 0 Å². The van der Waals surface area contributed by atoms with E-state index in [1.165, 1.54) is 11.1 Å². The van der Waals surface area contributed by atoms with E-state index in [0.29, 0.717) is 24.5 Å². The number of benzene rings is 1. The first-order chi connectivity index (χ1) is 9.39. The molecule has 1 aromatic rings. The fraction of sp³-hybridized carbons (Fsp3) is 0.588. The largest absolute Gasteiger partial charge is 0.508 e. The third-order valence-corrected chi connectivity index (χ3v) is 5.49. The SMILES string of the molecule is CCC12CC(C)(O)C(=O)C[C@H]1CCc1cc(O)ccc12. The monoisotopic (exact) mass is 274 g/mol. The summed E-state index contributed by atoms with van der Waals surface area (Å²) >= 11 is 0. The number of Topliss-reactive ketones (excluding diaryl/α,β-unsaturated/α-hetero) is 1. The topological polar surface area (TPSA) is 57.5 Å². The highest BCUT2D eigenvalue weighted by Crippen LogP contribution is 2.53. The van der Waals surface area contributed by atoms with Gasteiger partial charge in [-0.3, -0.25) is 4.79 Å². The smallest absolute Gasteiger partial charge is 0.164 e. The Labute approximate surface area is 119 Å². The minimum Gasteiger partial charge on any atom is -0.508 e. The third-order valence-electron chi connectivity index (χ3n) is 5.49. The van der Waals surface area contributed by atoms with Gasteiger partial charge in [-0.05, 0) is 61.8 Å². The second kappa shape index (κ2) is 4.32. The lowest BCUT2D eigenvalue weighted by Crippen LogP contribution is -2.54. The highest BCUT2D eigenvalue weighted by Gasteiger charge is 2.53. The van der Waals surface area contributed by atoms with Gasteiger partial charge in [-0.1, -0.05) is 13.0 Å². The number of aromatic hydroxyl groups is 1. The molecule has 2 N–H and O–H groups in total. The molecule has 0 spiro atoms. The molecule has 108 valence electrons. The molecular formula is C17H22O3. The van der Waals surface area contributed by atoms with E-state index in [4.69, 9.17) is 0 Å². The molecule has 2 aliphatic rings. The third kappa shape index (κ3) is 1.80. The molecule has 20 heavy (non-hydrogen) atoms. The first-order valence-electron chi connectivity index (χ1n) is 7.47. The van der Waals surface area contributed by atoms with E-state index in [0.717, 1.165) is 19.3 Å². The van der Waals surface area contributed by atoms with Crippen molar-refractivity contribution in [2.75, 3.05) is 0 Å². The van der Waals surface area contributed by atoms with Gasteiger partial charge in [0.15, 0.2) is 5.78 Å². The molecule has 3 rings (SSSR count). The number of phenols is 1. The van der Waals surface area contributed by atoms with Crippen molar-refractivity contribution in [1.82, 2.24) is 0 Å². The van der Waals surface area contributed by atoms with Gasteiger partial charge in [-0.2, -0.15) is 0 Å². The van der Waals surface area contributed by atoms with Crippen LogP contribution in [0.1, 0.15) is 50.7 Å². The van der Waals surface area contributed by atoms with Crippen molar-refractivity contribution in [3.8, 4) is 5.75 Å². The lowest BCUT2D eigenvalue weighted by molar-refractivity contribution is -0.146. The Balaban J connectivity index is 2.14. The molecule has 1 aromatic carbocycles. The van der Waals surface area contributed by atoms with Crippen molar-refractivity contribution in [1.29, 1.82) is 0 Å². The van der Waals surface area contributed by atoms with E-state index < -0.39 is 5.60 Å². The van der Waals surface area contributed by atoms with Crippen molar-refractivity contribution >= 4 is 5.78 Å². The number of fused-ring (bicyclic) bond motifs is 3. The zero-order chi connectivity index (χ0) is 14.5. The van der Waals surface area contributed by atoms with Crippen LogP contribution < -0.4 is 0 Å². The fourth-order valence-corrected chi connectivity index (χ4v) is 4.40. The molecule has 2 unspecified atom stereocenters. The van der Waals surface area contributed by atoms with Crippen molar-refractivity contribution < 1.29 is 15.0 Å². The summed E-state index contributed by atoms with van der Waals surface area (Å²) in [5.74, 6) is 0.596. The van der Waals surface area contributed by atoms with Crippen LogP contribution in [-0.4, -0.2) is 21.6 Å². The van der Waals surface area contributed by atoms with E-state index in [2.05, 4.69) is 6.92 Å². The van der Waals surface area contributed by atoms with Crippen LogP contribution in [0.3, 0.4) is 0 Å². The van der Waals surface area contributed by atoms with Gasteiger partial charge in [0.05, 0.1) is 0 Å². The summed E-state index contributed by atoms with van der Waals surface area (Å²) in [6, 6.07) is 5.56. The quantitative estimate of drug-likeness (QED) is 0.828. The van der Waals surface area contributed by atoms with E-state index in [9.17, 15) is 15.0 Å². The summed E-state index contributed by atoms with van der Waals surface area (Å²) in [7, 11) is 0. The number of phenolic OH excluding ortho intramolecular Hbond substituents is 1. The molecule has 3 atom stereocenters. The second-order valence-electron chi connectivity index (χ2n) is 6.66. The number of carbonyl (C=O) groups excluding carboxylic acids is 1. The normalized spacial score (nSPS) is 36.4. The van der Waals surface area contributed by atoms with Gasteiger partial charge in [0.2, 0.25) is 0 Å². The number of ketones is 1. The van der Waals surface area contributed by atoms with Gasteiger partial charge >= 0.3 is 0 Å². The average molecular weight is 274 g/mol. The van der Waals surface area contributed by atoms with Gasteiger partial charge in [0.25, 0.3) is 0 Å². The van der Waals surface area contributed by atoms with Crippen LogP contribution in [0.15, 0.2) is 18.2 Å². The van der Waals surface area contributed by atoms with Crippen molar-refractivity contribution in [2.45, 2.75) is 57.0 Å². The van der Waals surface area contributed by atoms with Gasteiger partial charge < -0.3 is 10.2 Å². The first kappa shape index (κ1) is 13.6. The maximum absolute atomic E-state index is 12.1. The molecular weight excluding hydrogens is 252 g/mol. The second-order valence-corrected chi connectivity index (χ2v) is 6.66. The number of hydrogen-bond donors (Lipinski definition) is 2. The lowest BCUT2D eigenvalue weighted by Gasteiger charge is -2.52.